The number of nitrogens with one attached hydrogen (secondary N) is 1. The zero-order valence-corrected chi connectivity index (χ0v) is 9.55. The van der Waals surface area contributed by atoms with E-state index in [1.54, 1.807) is 0 Å². The molecule has 0 saturated heterocycles. The molecule has 0 aliphatic heterocycles. The second kappa shape index (κ2) is 5.69. The highest BCUT2D eigenvalue weighted by molar-refractivity contribution is 4.91. The average Bonchev–Trinajstić information content (AvgIpc) is 2.62. The maximum absolute atomic E-state index is 9.35. The third-order valence-corrected chi connectivity index (χ3v) is 3.15. The van der Waals surface area contributed by atoms with Crippen molar-refractivity contribution in [2.75, 3.05) is 33.8 Å². The first-order chi connectivity index (χ1) is 6.68. The molecule has 0 aromatic heterocycles. The molecule has 1 fully saturated rings. The van der Waals surface area contributed by atoms with Gasteiger partial charge in [0, 0.05) is 5.54 Å². The van der Waals surface area contributed by atoms with Gasteiger partial charge in [0.15, 0.2) is 0 Å². The predicted octanol–water partition coefficient (Wildman–Crippen LogP) is 0.833. The molecular formula is C11H24N2O. The summed E-state index contributed by atoms with van der Waals surface area (Å²) in [6.07, 6.45) is 5.98. The highest BCUT2D eigenvalue weighted by atomic mass is 16.3. The van der Waals surface area contributed by atoms with Crippen molar-refractivity contribution in [1.82, 2.24) is 10.2 Å². The Kier molecular flexibility index (Phi) is 4.85. The van der Waals surface area contributed by atoms with Gasteiger partial charge in [-0.1, -0.05) is 12.8 Å². The lowest BCUT2D eigenvalue weighted by molar-refractivity contribution is 0.163. The first kappa shape index (κ1) is 12.0. The van der Waals surface area contributed by atoms with Crippen molar-refractivity contribution < 1.29 is 5.11 Å². The molecule has 0 aromatic rings. The summed E-state index contributed by atoms with van der Waals surface area (Å²) in [5.41, 5.74) is 0.0618. The van der Waals surface area contributed by atoms with Crippen LogP contribution in [0.2, 0.25) is 0 Å². The smallest absolute Gasteiger partial charge is 0.0613 e. The van der Waals surface area contributed by atoms with Crippen LogP contribution in [0, 0.1) is 0 Å². The van der Waals surface area contributed by atoms with Crippen LogP contribution in [0.25, 0.3) is 0 Å². The Labute approximate surface area is 87.5 Å². The zero-order chi connectivity index (χ0) is 10.4. The molecule has 0 unspecified atom stereocenters. The lowest BCUT2D eigenvalue weighted by Crippen LogP contribution is -2.46. The van der Waals surface area contributed by atoms with Gasteiger partial charge in [0.25, 0.3) is 0 Å². The summed E-state index contributed by atoms with van der Waals surface area (Å²) in [5.74, 6) is 0. The maximum atomic E-state index is 9.35. The largest absolute Gasteiger partial charge is 0.394 e. The number of nitrogens with zero attached hydrogens (tertiary/aromatic N) is 1. The van der Waals surface area contributed by atoms with Gasteiger partial charge < -0.3 is 15.3 Å². The van der Waals surface area contributed by atoms with Crippen LogP contribution >= 0.6 is 0 Å². The van der Waals surface area contributed by atoms with E-state index >= 15 is 0 Å². The minimum Gasteiger partial charge on any atom is -0.394 e. The van der Waals surface area contributed by atoms with Gasteiger partial charge in [0.05, 0.1) is 6.61 Å². The molecule has 1 aliphatic carbocycles. The molecule has 84 valence electrons. The Morgan fingerprint density at radius 2 is 1.93 bits per heavy atom. The molecule has 1 saturated carbocycles. The molecule has 0 spiro atoms. The highest BCUT2D eigenvalue weighted by Crippen LogP contribution is 2.28. The van der Waals surface area contributed by atoms with Gasteiger partial charge in [-0.05, 0) is 46.4 Å². The Hall–Kier alpha value is -0.120. The van der Waals surface area contributed by atoms with Gasteiger partial charge in [-0.2, -0.15) is 0 Å². The van der Waals surface area contributed by atoms with E-state index in [1.165, 1.54) is 12.8 Å². The number of aliphatic hydroxyl groups excluding tert-OH is 1. The molecular weight excluding hydrogens is 176 g/mol. The fourth-order valence-corrected chi connectivity index (χ4v) is 2.19. The van der Waals surface area contributed by atoms with Gasteiger partial charge in [0.2, 0.25) is 0 Å². The van der Waals surface area contributed by atoms with Gasteiger partial charge >= 0.3 is 0 Å². The van der Waals surface area contributed by atoms with Crippen LogP contribution in [0.3, 0.4) is 0 Å². The van der Waals surface area contributed by atoms with Crippen LogP contribution in [-0.4, -0.2) is 49.3 Å². The standard InChI is InChI=1S/C11H24N2O/c1-13(2)9-5-8-12-11(10-14)6-3-4-7-11/h12,14H,3-10H2,1-2H3. The lowest BCUT2D eigenvalue weighted by Gasteiger charge is -2.28. The molecule has 14 heavy (non-hydrogen) atoms. The summed E-state index contributed by atoms with van der Waals surface area (Å²) in [7, 11) is 4.19. The second-order valence-corrected chi connectivity index (χ2v) is 4.73. The Balaban J connectivity index is 2.15. The summed E-state index contributed by atoms with van der Waals surface area (Å²) in [4.78, 5) is 2.20. The first-order valence-corrected chi connectivity index (χ1v) is 5.69. The van der Waals surface area contributed by atoms with E-state index in [0.717, 1.165) is 32.4 Å². The predicted molar refractivity (Wildman–Crippen MR) is 59.5 cm³/mol. The third-order valence-electron chi connectivity index (χ3n) is 3.15. The van der Waals surface area contributed by atoms with E-state index in [1.807, 2.05) is 0 Å². The van der Waals surface area contributed by atoms with Crippen molar-refractivity contribution in [3.05, 3.63) is 0 Å². The van der Waals surface area contributed by atoms with Crippen LogP contribution in [0.5, 0.6) is 0 Å². The normalized spacial score (nSPS) is 20.6. The van der Waals surface area contributed by atoms with E-state index in [9.17, 15) is 5.11 Å². The van der Waals surface area contributed by atoms with Crippen molar-refractivity contribution in [3.8, 4) is 0 Å². The van der Waals surface area contributed by atoms with Gasteiger partial charge in [-0.3, -0.25) is 0 Å². The molecule has 0 radical (unpaired) electrons. The van der Waals surface area contributed by atoms with Gasteiger partial charge in [-0.25, -0.2) is 0 Å². The maximum Gasteiger partial charge on any atom is 0.0613 e. The van der Waals surface area contributed by atoms with Crippen LogP contribution < -0.4 is 5.32 Å². The van der Waals surface area contributed by atoms with Crippen molar-refractivity contribution in [3.63, 3.8) is 0 Å². The van der Waals surface area contributed by atoms with Crippen molar-refractivity contribution in [2.45, 2.75) is 37.6 Å². The first-order valence-electron chi connectivity index (χ1n) is 5.69. The van der Waals surface area contributed by atoms with Crippen molar-refractivity contribution in [2.24, 2.45) is 0 Å². The topological polar surface area (TPSA) is 35.5 Å². The molecule has 1 aliphatic rings. The fourth-order valence-electron chi connectivity index (χ4n) is 2.19. The van der Waals surface area contributed by atoms with E-state index in [0.29, 0.717) is 6.61 Å². The summed E-state index contributed by atoms with van der Waals surface area (Å²) < 4.78 is 0. The van der Waals surface area contributed by atoms with E-state index < -0.39 is 0 Å². The molecule has 0 heterocycles. The summed E-state index contributed by atoms with van der Waals surface area (Å²) >= 11 is 0. The quantitative estimate of drug-likeness (QED) is 0.624. The van der Waals surface area contributed by atoms with Crippen LogP contribution in [-0.2, 0) is 0 Å². The molecule has 0 bridgehead atoms. The molecule has 3 nitrogen and oxygen atoms in total. The number of rotatable bonds is 6. The molecule has 3 heteroatoms. The molecule has 0 atom stereocenters. The van der Waals surface area contributed by atoms with E-state index in [4.69, 9.17) is 0 Å². The fraction of sp³-hybridized carbons (Fsp3) is 1.00. The number of aliphatic hydroxyl groups is 1. The zero-order valence-electron chi connectivity index (χ0n) is 9.55. The van der Waals surface area contributed by atoms with E-state index in [2.05, 4.69) is 24.3 Å². The van der Waals surface area contributed by atoms with Crippen LogP contribution in [0.4, 0.5) is 0 Å². The van der Waals surface area contributed by atoms with Gasteiger partial charge in [-0.15, -0.1) is 0 Å². The Bertz CT molecular complexity index is 153. The monoisotopic (exact) mass is 200 g/mol. The minimum absolute atomic E-state index is 0.0618. The van der Waals surface area contributed by atoms with E-state index in [-0.39, 0.29) is 5.54 Å². The highest BCUT2D eigenvalue weighted by Gasteiger charge is 2.31. The van der Waals surface area contributed by atoms with Crippen LogP contribution in [0.1, 0.15) is 32.1 Å². The Morgan fingerprint density at radius 1 is 1.29 bits per heavy atom. The number of hydrogen-bond acceptors (Lipinski definition) is 3. The SMILES string of the molecule is CN(C)CCCNC1(CO)CCCC1. The second-order valence-electron chi connectivity index (χ2n) is 4.73. The molecule has 0 aromatic carbocycles. The number of hydrogen-bond donors (Lipinski definition) is 2. The van der Waals surface area contributed by atoms with Crippen LogP contribution in [0.15, 0.2) is 0 Å². The average molecular weight is 200 g/mol. The summed E-state index contributed by atoms with van der Waals surface area (Å²) in [6.45, 7) is 2.45. The van der Waals surface area contributed by atoms with Crippen molar-refractivity contribution >= 4 is 0 Å². The summed E-state index contributed by atoms with van der Waals surface area (Å²) in [5, 5.41) is 12.9. The van der Waals surface area contributed by atoms with Gasteiger partial charge in [0.1, 0.15) is 0 Å². The minimum atomic E-state index is 0.0618. The summed E-state index contributed by atoms with van der Waals surface area (Å²) in [6, 6.07) is 0. The third kappa shape index (κ3) is 3.56. The molecule has 2 N–H and O–H groups in total. The molecule has 1 rings (SSSR count). The molecule has 0 amide bonds. The Morgan fingerprint density at radius 3 is 2.43 bits per heavy atom. The van der Waals surface area contributed by atoms with Crippen molar-refractivity contribution in [1.29, 1.82) is 0 Å². The lowest BCUT2D eigenvalue weighted by atomic mass is 9.99.